The Bertz CT molecular complexity index is 1390. The molecule has 0 radical (unpaired) electrons. The van der Waals surface area contributed by atoms with E-state index in [1.54, 1.807) is 10.8 Å². The summed E-state index contributed by atoms with van der Waals surface area (Å²) >= 11 is 0. The van der Waals surface area contributed by atoms with Crippen molar-refractivity contribution in [3.63, 3.8) is 0 Å². The lowest BCUT2D eigenvalue weighted by atomic mass is 10.2. The van der Waals surface area contributed by atoms with Gasteiger partial charge in [0.2, 0.25) is 0 Å². The first kappa shape index (κ1) is 29.4. The Labute approximate surface area is 210 Å². The molecule has 0 spiro atoms. The van der Waals surface area contributed by atoms with Crippen LogP contribution in [0.25, 0.3) is 11.0 Å². The normalized spacial score (nSPS) is 23.1. The average molecular weight is 580 g/mol. The first-order valence-corrected chi connectivity index (χ1v) is 14.9. The zero-order valence-electron chi connectivity index (χ0n) is 18.9. The number of aliphatic hydroxyl groups excluding tert-OH is 1. The van der Waals surface area contributed by atoms with Gasteiger partial charge in [0, 0.05) is 25.5 Å². The molecule has 16 nitrogen and oxygen atoms in total. The van der Waals surface area contributed by atoms with Gasteiger partial charge in [0.25, 0.3) is 0 Å². The van der Waals surface area contributed by atoms with Crippen molar-refractivity contribution >= 4 is 40.3 Å². The van der Waals surface area contributed by atoms with Gasteiger partial charge < -0.3 is 39.7 Å². The summed E-state index contributed by atoms with van der Waals surface area (Å²) < 4.78 is 53.3. The van der Waals surface area contributed by atoms with Crippen LogP contribution < -0.4 is 5.73 Å². The van der Waals surface area contributed by atoms with Crippen LogP contribution in [0.4, 0.5) is 5.82 Å². The van der Waals surface area contributed by atoms with Crippen LogP contribution in [0, 0.1) is 24.2 Å². The molecule has 2 aromatic heterocycles. The predicted octanol–water partition coefficient (Wildman–Crippen LogP) is 1.16. The van der Waals surface area contributed by atoms with Gasteiger partial charge in [0.15, 0.2) is 0 Å². The quantitative estimate of drug-likeness (QED) is 0.131. The first-order chi connectivity index (χ1) is 17.2. The van der Waals surface area contributed by atoms with Crippen molar-refractivity contribution < 1.29 is 56.3 Å². The first-order valence-electron chi connectivity index (χ1n) is 10.4. The lowest BCUT2D eigenvalue weighted by molar-refractivity contribution is -0.0421. The number of fused-ring (bicyclic) bond motifs is 1. The SMILES string of the molecule is C#CCCCC#Cc1cn([C@H]2C[C@@H](O)C(COP(=O)(O)OP(=O)(O)OP(=O)(O)O)O2)c2ncnc(N)c12. The van der Waals surface area contributed by atoms with E-state index in [2.05, 4.69) is 40.9 Å². The highest BCUT2D eigenvalue weighted by molar-refractivity contribution is 7.66. The third-order valence-electron chi connectivity index (χ3n) is 4.82. The molecule has 3 rings (SSSR count). The van der Waals surface area contributed by atoms with E-state index in [0.717, 1.165) is 0 Å². The van der Waals surface area contributed by atoms with Gasteiger partial charge >= 0.3 is 23.5 Å². The summed E-state index contributed by atoms with van der Waals surface area (Å²) in [6.07, 6.45) is 6.59. The van der Waals surface area contributed by atoms with Crippen molar-refractivity contribution in [1.29, 1.82) is 0 Å². The Morgan fingerprint density at radius 3 is 2.57 bits per heavy atom. The molecule has 0 aliphatic carbocycles. The third kappa shape index (κ3) is 8.18. The fraction of sp³-hybridized carbons (Fsp3) is 0.444. The maximum absolute atomic E-state index is 12.0. The highest BCUT2D eigenvalue weighted by atomic mass is 31.3. The van der Waals surface area contributed by atoms with E-state index in [9.17, 15) is 28.6 Å². The Kier molecular flexibility index (Phi) is 9.32. The molecular formula is C18H23N4O12P3. The molecule has 3 unspecified atom stereocenters. The van der Waals surface area contributed by atoms with E-state index in [1.165, 1.54) is 6.33 Å². The fourth-order valence-electron chi connectivity index (χ4n) is 3.37. The van der Waals surface area contributed by atoms with Gasteiger partial charge in [0.05, 0.1) is 23.7 Å². The van der Waals surface area contributed by atoms with Gasteiger partial charge in [-0.2, -0.15) is 8.62 Å². The molecule has 5 atom stereocenters. The van der Waals surface area contributed by atoms with Crippen LogP contribution in [0.15, 0.2) is 12.5 Å². The number of aliphatic hydroxyl groups is 1. The van der Waals surface area contributed by atoms with Gasteiger partial charge in [-0.15, -0.1) is 12.3 Å². The second kappa shape index (κ2) is 11.7. The van der Waals surface area contributed by atoms with Crippen molar-refractivity contribution in [2.24, 2.45) is 0 Å². The van der Waals surface area contributed by atoms with Crippen molar-refractivity contribution in [3.8, 4) is 24.2 Å². The van der Waals surface area contributed by atoms with Crippen LogP contribution in [-0.4, -0.2) is 58.0 Å². The van der Waals surface area contributed by atoms with Gasteiger partial charge in [-0.25, -0.2) is 23.7 Å². The number of aromatic nitrogens is 3. The van der Waals surface area contributed by atoms with Crippen LogP contribution in [0.5, 0.6) is 0 Å². The number of hydrogen-bond donors (Lipinski definition) is 6. The monoisotopic (exact) mass is 580 g/mol. The highest BCUT2D eigenvalue weighted by Gasteiger charge is 2.43. The molecule has 1 fully saturated rings. The van der Waals surface area contributed by atoms with Crippen LogP contribution in [-0.2, 0) is 31.6 Å². The molecule has 0 saturated carbocycles. The summed E-state index contributed by atoms with van der Waals surface area (Å²) in [5.74, 6) is 8.67. The molecule has 7 N–H and O–H groups in total. The number of unbranched alkanes of at least 4 members (excludes halogenated alkanes) is 2. The summed E-state index contributed by atoms with van der Waals surface area (Å²) in [5.41, 5.74) is 6.87. The Hall–Kier alpha value is -2.13. The average Bonchev–Trinajstić information content (AvgIpc) is 3.30. The summed E-state index contributed by atoms with van der Waals surface area (Å²) in [6, 6.07) is 0. The van der Waals surface area contributed by atoms with E-state index in [1.807, 2.05) is 0 Å². The minimum absolute atomic E-state index is 0.0207. The van der Waals surface area contributed by atoms with Crippen LogP contribution in [0.3, 0.4) is 0 Å². The van der Waals surface area contributed by atoms with Crippen molar-refractivity contribution in [1.82, 2.24) is 14.5 Å². The van der Waals surface area contributed by atoms with Gasteiger partial charge in [-0.3, -0.25) is 4.52 Å². The molecule has 2 aromatic rings. The largest absolute Gasteiger partial charge is 0.490 e. The van der Waals surface area contributed by atoms with Crippen LogP contribution >= 0.6 is 23.5 Å². The Morgan fingerprint density at radius 1 is 1.16 bits per heavy atom. The predicted molar refractivity (Wildman–Crippen MR) is 126 cm³/mol. The fourth-order valence-corrected chi connectivity index (χ4v) is 6.40. The van der Waals surface area contributed by atoms with E-state index in [4.69, 9.17) is 26.7 Å². The molecule has 37 heavy (non-hydrogen) atoms. The van der Waals surface area contributed by atoms with Crippen LogP contribution in [0.1, 0.15) is 37.5 Å². The number of phosphoric acid groups is 3. The molecule has 0 amide bonds. The summed E-state index contributed by atoms with van der Waals surface area (Å²) in [7, 11) is -16.6. The van der Waals surface area contributed by atoms with E-state index in [0.29, 0.717) is 35.9 Å². The molecule has 1 aliphatic rings. The van der Waals surface area contributed by atoms with Crippen molar-refractivity contribution in [2.75, 3.05) is 12.3 Å². The number of nitrogens with two attached hydrogens (primary N) is 1. The number of hydrogen-bond acceptors (Lipinski definition) is 11. The van der Waals surface area contributed by atoms with Crippen molar-refractivity contribution in [3.05, 3.63) is 18.1 Å². The zero-order chi connectivity index (χ0) is 27.4. The van der Waals surface area contributed by atoms with Gasteiger partial charge in [-0.1, -0.05) is 11.8 Å². The van der Waals surface area contributed by atoms with E-state index < -0.39 is 48.5 Å². The van der Waals surface area contributed by atoms with E-state index >= 15 is 0 Å². The summed E-state index contributed by atoms with van der Waals surface area (Å²) in [4.78, 5) is 44.2. The number of anilines is 1. The molecule has 3 heterocycles. The second-order valence-corrected chi connectivity index (χ2v) is 12.0. The number of nitrogens with zero attached hydrogens (tertiary/aromatic N) is 3. The highest BCUT2D eigenvalue weighted by Crippen LogP contribution is 2.66. The molecule has 1 saturated heterocycles. The third-order valence-corrected chi connectivity index (χ3v) is 8.62. The number of ether oxygens (including phenoxy) is 1. The topological polar surface area (TPSA) is 246 Å². The molecular weight excluding hydrogens is 557 g/mol. The lowest BCUT2D eigenvalue weighted by Crippen LogP contribution is -2.26. The lowest BCUT2D eigenvalue weighted by Gasteiger charge is -2.19. The van der Waals surface area contributed by atoms with Crippen LogP contribution in [0.2, 0.25) is 0 Å². The van der Waals surface area contributed by atoms with Crippen molar-refractivity contribution in [2.45, 2.75) is 44.1 Å². The number of terminal acetylenes is 1. The molecule has 1 aliphatic heterocycles. The number of nitrogen functional groups attached to an aromatic ring is 1. The molecule has 0 bridgehead atoms. The summed E-state index contributed by atoms with van der Waals surface area (Å²) in [5, 5.41) is 10.9. The maximum atomic E-state index is 12.0. The minimum Gasteiger partial charge on any atom is -0.390 e. The smallest absolute Gasteiger partial charge is 0.390 e. The second-order valence-electron chi connectivity index (χ2n) is 7.59. The molecule has 19 heteroatoms. The maximum Gasteiger partial charge on any atom is 0.490 e. The Balaban J connectivity index is 1.73. The number of rotatable bonds is 10. The standard InChI is InChI=1S/C18H23N4O12P3/c1-2-3-4-5-6-7-12-9-22(18-16(12)17(19)20-11-21-18)15-8-13(23)14(32-15)10-31-36(27,28)34-37(29,30)33-35(24,25)26/h1,9,11,13-15,23H,3-5,8,10H2,(H,27,28)(H,29,30)(H2,19,20,21)(H2,24,25,26)/t13-,14?,15-/m1/s1. The minimum atomic E-state index is -5.67. The number of phosphoric ester groups is 1. The molecule has 0 aromatic carbocycles. The molecule has 202 valence electrons. The Morgan fingerprint density at radius 2 is 1.89 bits per heavy atom. The van der Waals surface area contributed by atoms with Gasteiger partial charge in [-0.05, 0) is 6.42 Å². The van der Waals surface area contributed by atoms with Gasteiger partial charge in [0.1, 0.15) is 30.1 Å². The van der Waals surface area contributed by atoms with E-state index in [-0.39, 0.29) is 12.2 Å². The zero-order valence-corrected chi connectivity index (χ0v) is 21.5. The summed E-state index contributed by atoms with van der Waals surface area (Å²) in [6.45, 7) is -0.806.